The maximum atomic E-state index is 10.4. The molecule has 17 heteroatoms. The average Bonchev–Trinajstić information content (AvgIpc) is 2.62. The SMILES string of the molecule is Cc1nc2ncncc2[nH]1.O=P(O)(O)OP(=O)(O)OP(=O)(O)O. The van der Waals surface area contributed by atoms with Crippen molar-refractivity contribution in [1.29, 1.82) is 0 Å². The fourth-order valence-electron chi connectivity index (χ4n) is 1.17. The third-order valence-corrected chi connectivity index (χ3v) is 5.05. The summed E-state index contributed by atoms with van der Waals surface area (Å²) in [5.41, 5.74) is 1.62. The van der Waals surface area contributed by atoms with Crippen molar-refractivity contribution in [2.45, 2.75) is 6.92 Å². The molecule has 2 aromatic rings. The fraction of sp³-hybridized carbons (Fsp3) is 0.167. The topological polar surface area (TPSA) is 225 Å². The van der Waals surface area contributed by atoms with Gasteiger partial charge in [-0.2, -0.15) is 8.62 Å². The van der Waals surface area contributed by atoms with Crippen molar-refractivity contribution in [2.24, 2.45) is 0 Å². The first-order chi connectivity index (χ1) is 10.3. The number of nitrogens with one attached hydrogen (secondary N) is 1. The van der Waals surface area contributed by atoms with E-state index in [4.69, 9.17) is 24.5 Å². The maximum Gasteiger partial charge on any atom is 0.490 e. The van der Waals surface area contributed by atoms with Gasteiger partial charge >= 0.3 is 23.5 Å². The van der Waals surface area contributed by atoms with Crippen molar-refractivity contribution in [1.82, 2.24) is 19.9 Å². The van der Waals surface area contributed by atoms with E-state index in [9.17, 15) is 13.7 Å². The summed E-state index contributed by atoms with van der Waals surface area (Å²) < 4.78 is 36.4. The van der Waals surface area contributed by atoms with E-state index in [1.807, 2.05) is 6.92 Å². The molecule has 0 saturated heterocycles. The van der Waals surface area contributed by atoms with Crippen LogP contribution in [-0.4, -0.2) is 44.4 Å². The first kappa shape index (κ1) is 20.0. The Morgan fingerprint density at radius 3 is 2.00 bits per heavy atom. The van der Waals surface area contributed by atoms with Crippen LogP contribution < -0.4 is 0 Å². The van der Waals surface area contributed by atoms with Crippen LogP contribution in [0.2, 0.25) is 0 Å². The van der Waals surface area contributed by atoms with Gasteiger partial charge < -0.3 is 29.5 Å². The summed E-state index contributed by atoms with van der Waals surface area (Å²) in [6, 6.07) is 0. The molecule has 0 unspecified atom stereocenters. The van der Waals surface area contributed by atoms with Crippen molar-refractivity contribution in [3.05, 3.63) is 18.3 Å². The number of fused-ring (bicyclic) bond motifs is 1. The van der Waals surface area contributed by atoms with Gasteiger partial charge in [-0.3, -0.25) is 0 Å². The Hall–Kier alpha value is -1.04. The molecule has 2 aromatic heterocycles. The highest BCUT2D eigenvalue weighted by Gasteiger charge is 2.38. The van der Waals surface area contributed by atoms with Crippen molar-refractivity contribution in [2.75, 3.05) is 0 Å². The molecule has 2 rings (SSSR count). The smallest absolute Gasteiger partial charge is 0.340 e. The number of imidazole rings is 1. The van der Waals surface area contributed by atoms with E-state index in [0.717, 1.165) is 17.0 Å². The molecule has 130 valence electrons. The van der Waals surface area contributed by atoms with Crippen LogP contribution in [0, 0.1) is 6.92 Å². The minimum absolute atomic E-state index is 0.729. The lowest BCUT2D eigenvalue weighted by Gasteiger charge is -2.11. The summed E-state index contributed by atoms with van der Waals surface area (Å²) in [4.78, 5) is 55.1. The van der Waals surface area contributed by atoms with Gasteiger partial charge in [0.2, 0.25) is 0 Å². The zero-order chi connectivity index (χ0) is 17.9. The molecule has 2 heterocycles. The lowest BCUT2D eigenvalue weighted by Crippen LogP contribution is -1.91. The molecular weight excluding hydrogens is 381 g/mol. The van der Waals surface area contributed by atoms with Gasteiger partial charge in [0.15, 0.2) is 5.65 Å². The third-order valence-electron chi connectivity index (χ3n) is 1.70. The molecule has 0 aliphatic rings. The van der Waals surface area contributed by atoms with E-state index in [1.54, 1.807) is 6.20 Å². The van der Waals surface area contributed by atoms with Gasteiger partial charge in [0.1, 0.15) is 17.7 Å². The predicted molar refractivity (Wildman–Crippen MR) is 72.5 cm³/mol. The fourth-order valence-corrected chi connectivity index (χ4v) is 3.70. The first-order valence-electron chi connectivity index (χ1n) is 5.26. The van der Waals surface area contributed by atoms with E-state index in [0.29, 0.717) is 0 Å². The molecule has 0 atom stereocenters. The summed E-state index contributed by atoms with van der Waals surface area (Å²) in [5.74, 6) is 0.871. The van der Waals surface area contributed by atoms with E-state index < -0.39 is 23.5 Å². The van der Waals surface area contributed by atoms with E-state index in [1.165, 1.54) is 6.33 Å². The maximum absolute atomic E-state index is 10.4. The van der Waals surface area contributed by atoms with Gasteiger partial charge in [-0.05, 0) is 6.92 Å². The highest BCUT2D eigenvalue weighted by atomic mass is 31.3. The van der Waals surface area contributed by atoms with Gasteiger partial charge in [0.25, 0.3) is 0 Å². The molecule has 0 aliphatic carbocycles. The molecule has 0 aromatic carbocycles. The van der Waals surface area contributed by atoms with Crippen LogP contribution in [0.25, 0.3) is 11.2 Å². The van der Waals surface area contributed by atoms with Crippen LogP contribution in [0.4, 0.5) is 0 Å². The standard InChI is InChI=1S/C6H6N4.H5O10P3/c1-4-9-5-2-7-3-8-6(5)10-4;1-11(2,3)9-13(7,8)10-12(4,5)6/h2-3H,1H3,(H,7,8,9,10);(H,7,8)(H2,1,2,3)(H2,4,5,6). The third kappa shape index (κ3) is 8.39. The highest BCUT2D eigenvalue weighted by Crippen LogP contribution is 2.64. The minimum atomic E-state index is -5.46. The second-order valence-corrected chi connectivity index (χ2v) is 7.90. The van der Waals surface area contributed by atoms with Crippen LogP contribution in [0.1, 0.15) is 5.82 Å². The summed E-state index contributed by atoms with van der Waals surface area (Å²) in [5, 5.41) is 0. The Bertz CT molecular complexity index is 749. The number of rotatable bonds is 4. The van der Waals surface area contributed by atoms with E-state index in [-0.39, 0.29) is 0 Å². The minimum Gasteiger partial charge on any atom is -0.340 e. The molecule has 0 spiro atoms. The second kappa shape index (κ2) is 7.24. The number of aryl methyl sites for hydroxylation is 1. The predicted octanol–water partition coefficient (Wildman–Crippen LogP) is -0.0333. The van der Waals surface area contributed by atoms with E-state index >= 15 is 0 Å². The molecule has 0 amide bonds. The van der Waals surface area contributed by atoms with E-state index in [2.05, 4.69) is 28.6 Å². The van der Waals surface area contributed by atoms with Gasteiger partial charge in [-0.1, -0.05) is 0 Å². The van der Waals surface area contributed by atoms with Crippen molar-refractivity contribution < 1.29 is 46.8 Å². The number of phosphoric acid groups is 3. The number of nitrogens with zero attached hydrogens (tertiary/aromatic N) is 3. The monoisotopic (exact) mass is 392 g/mol. The molecule has 6 N–H and O–H groups in total. The molecule has 0 fully saturated rings. The Labute approximate surface area is 127 Å². The molecule has 0 aliphatic heterocycles. The van der Waals surface area contributed by atoms with Crippen molar-refractivity contribution in [3.8, 4) is 0 Å². The van der Waals surface area contributed by atoms with Crippen LogP contribution in [0.5, 0.6) is 0 Å². The van der Waals surface area contributed by atoms with Crippen molar-refractivity contribution >= 4 is 34.6 Å². The second-order valence-electron chi connectivity index (χ2n) is 3.70. The molecule has 0 radical (unpaired) electrons. The normalized spacial score (nSPS) is 12.8. The first-order valence-corrected chi connectivity index (χ1v) is 9.82. The van der Waals surface area contributed by atoms with Crippen LogP contribution >= 0.6 is 23.5 Å². The van der Waals surface area contributed by atoms with Crippen LogP contribution in [0.15, 0.2) is 12.5 Å². The number of hydrogen-bond acceptors (Lipinski definition) is 8. The summed E-state index contributed by atoms with van der Waals surface area (Å²) in [6.45, 7) is 1.89. The van der Waals surface area contributed by atoms with Gasteiger partial charge in [-0.15, -0.1) is 0 Å². The number of aromatic nitrogens is 4. The molecule has 14 nitrogen and oxygen atoms in total. The lowest BCUT2D eigenvalue weighted by molar-refractivity contribution is 0.204. The molecule has 0 saturated carbocycles. The summed E-state index contributed by atoms with van der Waals surface area (Å²) >= 11 is 0. The Balaban J connectivity index is 0.000000235. The van der Waals surface area contributed by atoms with Gasteiger partial charge in [0.05, 0.1) is 6.20 Å². The quantitative estimate of drug-likeness (QED) is 0.376. The lowest BCUT2D eigenvalue weighted by atomic mass is 10.6. The number of H-pyrrole nitrogens is 1. The summed E-state index contributed by atoms with van der Waals surface area (Å²) in [6.07, 6.45) is 3.20. The largest absolute Gasteiger partial charge is 0.490 e. The zero-order valence-corrected chi connectivity index (χ0v) is 13.8. The highest BCUT2D eigenvalue weighted by molar-refractivity contribution is 7.66. The summed E-state index contributed by atoms with van der Waals surface area (Å²) in [7, 11) is -16.2. The average molecular weight is 392 g/mol. The Kier molecular flexibility index (Phi) is 6.30. The number of aromatic amines is 1. The van der Waals surface area contributed by atoms with Gasteiger partial charge in [0, 0.05) is 0 Å². The zero-order valence-electron chi connectivity index (χ0n) is 11.1. The number of hydrogen-bond donors (Lipinski definition) is 6. The van der Waals surface area contributed by atoms with Gasteiger partial charge in [-0.25, -0.2) is 28.6 Å². The van der Waals surface area contributed by atoms with Crippen LogP contribution in [0.3, 0.4) is 0 Å². The molecular formula is C6H11N4O10P3. The molecule has 23 heavy (non-hydrogen) atoms. The molecule has 0 bridgehead atoms. The van der Waals surface area contributed by atoms with Crippen LogP contribution in [-0.2, 0) is 22.3 Å². The van der Waals surface area contributed by atoms with Crippen molar-refractivity contribution in [3.63, 3.8) is 0 Å². The Morgan fingerprint density at radius 2 is 1.57 bits per heavy atom. The Morgan fingerprint density at radius 1 is 1.04 bits per heavy atom.